The minimum absolute atomic E-state index is 0.0333. The number of fused-ring (bicyclic) bond motifs is 1. The third-order valence-electron chi connectivity index (χ3n) is 4.40. The lowest BCUT2D eigenvalue weighted by Crippen LogP contribution is -2.28. The van der Waals surface area contributed by atoms with Crippen molar-refractivity contribution in [1.29, 1.82) is 0 Å². The second-order valence-electron chi connectivity index (χ2n) is 6.50. The number of aromatic nitrogens is 2. The van der Waals surface area contributed by atoms with E-state index in [1.165, 1.54) is 0 Å². The maximum atomic E-state index is 12.3. The number of nitrogens with zero attached hydrogens (tertiary/aromatic N) is 2. The Kier molecular flexibility index (Phi) is 6.70. The molecule has 0 aliphatic rings. The quantitative estimate of drug-likeness (QED) is 0.556. The van der Waals surface area contributed by atoms with Crippen molar-refractivity contribution in [3.8, 4) is 0 Å². The van der Waals surface area contributed by atoms with E-state index in [2.05, 4.69) is 20.6 Å². The molecule has 28 heavy (non-hydrogen) atoms. The Morgan fingerprint density at radius 1 is 1.14 bits per heavy atom. The number of rotatable bonds is 7. The molecular formula is C21H22Cl2N4O. The number of halogens is 2. The van der Waals surface area contributed by atoms with Crippen LogP contribution in [-0.2, 0) is 11.2 Å². The average Bonchev–Trinajstić information content (AvgIpc) is 2.68. The van der Waals surface area contributed by atoms with Crippen LogP contribution in [0.1, 0.15) is 37.7 Å². The number of anilines is 1. The van der Waals surface area contributed by atoms with Gasteiger partial charge >= 0.3 is 0 Å². The summed E-state index contributed by atoms with van der Waals surface area (Å²) in [6, 6.07) is 13.3. The Morgan fingerprint density at radius 3 is 2.61 bits per heavy atom. The number of hydrogen-bond acceptors (Lipinski definition) is 4. The molecule has 0 bridgehead atoms. The smallest absolute Gasteiger partial charge is 0.222 e. The molecule has 1 aromatic heterocycles. The maximum Gasteiger partial charge on any atom is 0.222 e. The summed E-state index contributed by atoms with van der Waals surface area (Å²) in [6.45, 7) is 4.38. The largest absolute Gasteiger partial charge is 0.369 e. The Hall–Kier alpha value is -2.37. The van der Waals surface area contributed by atoms with E-state index < -0.39 is 0 Å². The van der Waals surface area contributed by atoms with Gasteiger partial charge in [-0.25, -0.2) is 9.97 Å². The van der Waals surface area contributed by atoms with Gasteiger partial charge in [0.15, 0.2) is 0 Å². The second-order valence-corrected chi connectivity index (χ2v) is 7.35. The van der Waals surface area contributed by atoms with Crippen molar-refractivity contribution < 1.29 is 4.79 Å². The molecule has 1 atom stereocenters. The first kappa shape index (κ1) is 20.4. The van der Waals surface area contributed by atoms with E-state index in [1.54, 1.807) is 12.1 Å². The summed E-state index contributed by atoms with van der Waals surface area (Å²) < 4.78 is 0. The number of aryl methyl sites for hydroxylation is 1. The number of carbonyl (C=O) groups excluding carboxylic acids is 1. The van der Waals surface area contributed by atoms with Crippen molar-refractivity contribution >= 4 is 45.8 Å². The van der Waals surface area contributed by atoms with Gasteiger partial charge in [0.2, 0.25) is 5.91 Å². The highest BCUT2D eigenvalue weighted by molar-refractivity contribution is 6.38. The van der Waals surface area contributed by atoms with Crippen LogP contribution in [0.5, 0.6) is 0 Å². The van der Waals surface area contributed by atoms with Crippen molar-refractivity contribution in [2.75, 3.05) is 11.9 Å². The van der Waals surface area contributed by atoms with Crippen LogP contribution in [0.15, 0.2) is 42.5 Å². The van der Waals surface area contributed by atoms with E-state index in [1.807, 2.05) is 44.2 Å². The molecule has 0 spiro atoms. The van der Waals surface area contributed by atoms with Crippen LogP contribution in [0.3, 0.4) is 0 Å². The van der Waals surface area contributed by atoms with E-state index in [4.69, 9.17) is 23.2 Å². The summed E-state index contributed by atoms with van der Waals surface area (Å²) in [5.41, 5.74) is 1.73. The SMILES string of the molecule is CCc1nc(NCCC(=O)N[C@@H](C)c2ccccc2)c2cc(Cl)cc(Cl)c2n1. The third kappa shape index (κ3) is 4.91. The second kappa shape index (κ2) is 9.22. The Morgan fingerprint density at radius 2 is 1.89 bits per heavy atom. The fraction of sp³-hybridized carbons (Fsp3) is 0.286. The molecule has 0 fully saturated rings. The van der Waals surface area contributed by atoms with Crippen LogP contribution in [0.25, 0.3) is 10.9 Å². The van der Waals surface area contributed by atoms with Crippen LogP contribution >= 0.6 is 23.2 Å². The lowest BCUT2D eigenvalue weighted by atomic mass is 10.1. The predicted octanol–water partition coefficient (Wildman–Crippen LogP) is 5.18. The minimum Gasteiger partial charge on any atom is -0.369 e. The Labute approximate surface area is 174 Å². The summed E-state index contributed by atoms with van der Waals surface area (Å²) in [5.74, 6) is 1.28. The lowest BCUT2D eigenvalue weighted by molar-refractivity contribution is -0.121. The van der Waals surface area contributed by atoms with Gasteiger partial charge in [-0.1, -0.05) is 60.5 Å². The lowest BCUT2D eigenvalue weighted by Gasteiger charge is -2.15. The zero-order chi connectivity index (χ0) is 20.1. The number of carbonyl (C=O) groups is 1. The molecule has 0 aliphatic carbocycles. The molecular weight excluding hydrogens is 395 g/mol. The molecule has 146 valence electrons. The predicted molar refractivity (Wildman–Crippen MR) is 115 cm³/mol. The molecule has 5 nitrogen and oxygen atoms in total. The first-order valence-corrected chi connectivity index (χ1v) is 9.97. The molecule has 3 rings (SSSR count). The fourth-order valence-electron chi connectivity index (χ4n) is 2.93. The molecule has 0 unspecified atom stereocenters. The van der Waals surface area contributed by atoms with E-state index >= 15 is 0 Å². The molecule has 1 amide bonds. The van der Waals surface area contributed by atoms with E-state index in [-0.39, 0.29) is 11.9 Å². The third-order valence-corrected chi connectivity index (χ3v) is 4.91. The van der Waals surface area contributed by atoms with Crippen LogP contribution < -0.4 is 10.6 Å². The van der Waals surface area contributed by atoms with Gasteiger partial charge < -0.3 is 10.6 Å². The number of hydrogen-bond donors (Lipinski definition) is 2. The van der Waals surface area contributed by atoms with E-state index in [0.717, 1.165) is 10.9 Å². The molecule has 2 N–H and O–H groups in total. The van der Waals surface area contributed by atoms with Crippen LogP contribution in [0, 0.1) is 0 Å². The topological polar surface area (TPSA) is 66.9 Å². The summed E-state index contributed by atoms with van der Waals surface area (Å²) in [4.78, 5) is 21.3. The molecule has 7 heteroatoms. The maximum absolute atomic E-state index is 12.3. The zero-order valence-corrected chi connectivity index (χ0v) is 17.3. The molecule has 2 aromatic carbocycles. The van der Waals surface area contributed by atoms with Crippen LogP contribution in [0.4, 0.5) is 5.82 Å². The standard InChI is InChI=1S/C21H22Cl2N4O/c1-3-18-26-20-16(11-15(22)12-17(20)23)21(27-18)24-10-9-19(28)25-13(2)14-7-5-4-6-8-14/h4-8,11-13H,3,9-10H2,1-2H3,(H,25,28)(H,24,26,27)/t13-/m0/s1. The average molecular weight is 417 g/mol. The number of amides is 1. The molecule has 0 radical (unpaired) electrons. The summed E-state index contributed by atoms with van der Waals surface area (Å²) in [6.07, 6.45) is 0.997. The van der Waals surface area contributed by atoms with Gasteiger partial charge in [-0.2, -0.15) is 0 Å². The Balaban J connectivity index is 1.67. The van der Waals surface area contributed by atoms with Crippen molar-refractivity contribution in [2.24, 2.45) is 0 Å². The van der Waals surface area contributed by atoms with Gasteiger partial charge in [0.05, 0.1) is 16.6 Å². The van der Waals surface area contributed by atoms with Crippen LogP contribution in [0.2, 0.25) is 10.0 Å². The highest BCUT2D eigenvalue weighted by Gasteiger charge is 2.13. The molecule has 0 saturated carbocycles. The van der Waals surface area contributed by atoms with Gasteiger partial charge in [-0.05, 0) is 24.6 Å². The first-order valence-electron chi connectivity index (χ1n) is 9.21. The van der Waals surface area contributed by atoms with Crippen molar-refractivity contribution in [3.05, 3.63) is 63.9 Å². The summed E-state index contributed by atoms with van der Waals surface area (Å²) in [7, 11) is 0. The van der Waals surface area contributed by atoms with Gasteiger partial charge in [0.25, 0.3) is 0 Å². The van der Waals surface area contributed by atoms with Gasteiger partial charge in [-0.3, -0.25) is 4.79 Å². The molecule has 3 aromatic rings. The highest BCUT2D eigenvalue weighted by Crippen LogP contribution is 2.30. The van der Waals surface area contributed by atoms with Gasteiger partial charge in [0, 0.05) is 29.8 Å². The van der Waals surface area contributed by atoms with Crippen LogP contribution in [-0.4, -0.2) is 22.4 Å². The van der Waals surface area contributed by atoms with E-state index in [9.17, 15) is 4.79 Å². The number of nitrogens with one attached hydrogen (secondary N) is 2. The van der Waals surface area contributed by atoms with Crippen molar-refractivity contribution in [1.82, 2.24) is 15.3 Å². The number of benzene rings is 2. The zero-order valence-electron chi connectivity index (χ0n) is 15.8. The van der Waals surface area contributed by atoms with Crippen molar-refractivity contribution in [3.63, 3.8) is 0 Å². The fourth-order valence-corrected chi connectivity index (χ4v) is 3.47. The van der Waals surface area contributed by atoms with Gasteiger partial charge in [-0.15, -0.1) is 0 Å². The molecule has 0 saturated heterocycles. The van der Waals surface area contributed by atoms with Crippen molar-refractivity contribution in [2.45, 2.75) is 32.7 Å². The van der Waals surface area contributed by atoms with E-state index in [0.29, 0.717) is 46.6 Å². The summed E-state index contributed by atoms with van der Waals surface area (Å²) >= 11 is 12.4. The van der Waals surface area contributed by atoms with Gasteiger partial charge in [0.1, 0.15) is 11.6 Å². The first-order chi connectivity index (χ1) is 13.5. The Bertz CT molecular complexity index is 979. The molecule has 1 heterocycles. The summed E-state index contributed by atoms with van der Waals surface area (Å²) in [5, 5.41) is 7.98. The highest BCUT2D eigenvalue weighted by atomic mass is 35.5. The normalized spacial score (nSPS) is 12.0. The monoisotopic (exact) mass is 416 g/mol. The minimum atomic E-state index is -0.0436. The molecule has 0 aliphatic heterocycles.